The molecule has 30 heavy (non-hydrogen) atoms. The second kappa shape index (κ2) is 8.71. The fourth-order valence-electron chi connectivity index (χ4n) is 3.20. The van der Waals surface area contributed by atoms with Crippen molar-refractivity contribution in [1.29, 1.82) is 0 Å². The highest BCUT2D eigenvalue weighted by Crippen LogP contribution is 2.25. The lowest BCUT2D eigenvalue weighted by Gasteiger charge is -2.14. The summed E-state index contributed by atoms with van der Waals surface area (Å²) in [5, 5.41) is 9.90. The normalized spacial score (nSPS) is 12.2. The zero-order valence-corrected chi connectivity index (χ0v) is 17.9. The van der Waals surface area contributed by atoms with Crippen molar-refractivity contribution in [3.8, 4) is 5.75 Å². The summed E-state index contributed by atoms with van der Waals surface area (Å²) in [7, 11) is 1.91. The van der Waals surface area contributed by atoms with Gasteiger partial charge >= 0.3 is 0 Å². The first-order valence-electron chi connectivity index (χ1n) is 9.80. The van der Waals surface area contributed by atoms with Gasteiger partial charge in [-0.1, -0.05) is 43.0 Å². The van der Waals surface area contributed by atoms with Crippen molar-refractivity contribution in [2.45, 2.75) is 37.3 Å². The summed E-state index contributed by atoms with van der Waals surface area (Å²) in [5.41, 5.74) is 1.82. The van der Waals surface area contributed by atoms with E-state index in [0.29, 0.717) is 22.5 Å². The molecule has 0 fully saturated rings. The third kappa shape index (κ3) is 4.23. The molecule has 2 aromatic carbocycles. The summed E-state index contributed by atoms with van der Waals surface area (Å²) < 4.78 is 7.94. The lowest BCUT2D eigenvalue weighted by Crippen LogP contribution is -2.11. The largest absolute Gasteiger partial charge is 0.483 e. The molecule has 0 bridgehead atoms. The molecule has 1 atom stereocenters. The Labute approximate surface area is 178 Å². The molecule has 0 amide bonds. The van der Waals surface area contributed by atoms with Gasteiger partial charge in [-0.3, -0.25) is 4.79 Å². The minimum absolute atomic E-state index is 0.133. The number of rotatable bonds is 7. The molecule has 0 spiro atoms. The van der Waals surface area contributed by atoms with Gasteiger partial charge in [0.15, 0.2) is 17.1 Å². The number of aromatic nitrogens is 5. The van der Waals surface area contributed by atoms with E-state index in [1.165, 1.54) is 17.3 Å². The third-order valence-electron chi connectivity index (χ3n) is 4.88. The molecule has 2 heterocycles. The molecule has 0 unspecified atom stereocenters. The van der Waals surface area contributed by atoms with Gasteiger partial charge in [-0.15, -0.1) is 10.2 Å². The first kappa shape index (κ1) is 20.2. The molecule has 4 aromatic rings. The lowest BCUT2D eigenvalue weighted by molar-refractivity contribution is 0.211. The van der Waals surface area contributed by atoms with Crippen LogP contribution in [0.1, 0.15) is 37.2 Å². The fraction of sp³-hybridized carbons (Fsp3) is 0.273. The molecule has 8 heteroatoms. The smallest absolute Gasteiger partial charge is 0.258 e. The second-order valence-electron chi connectivity index (χ2n) is 6.98. The number of aromatic amines is 1. The van der Waals surface area contributed by atoms with Gasteiger partial charge in [0.05, 0.1) is 16.7 Å². The maximum absolute atomic E-state index is 12.2. The summed E-state index contributed by atoms with van der Waals surface area (Å²) in [5.74, 6) is 2.63. The van der Waals surface area contributed by atoms with Crippen molar-refractivity contribution >= 4 is 22.7 Å². The van der Waals surface area contributed by atoms with Gasteiger partial charge in [0, 0.05) is 7.05 Å². The van der Waals surface area contributed by atoms with Crippen LogP contribution in [0.4, 0.5) is 0 Å². The summed E-state index contributed by atoms with van der Waals surface area (Å²) in [6.45, 7) is 4.08. The van der Waals surface area contributed by atoms with Crippen LogP contribution in [0.2, 0.25) is 0 Å². The Morgan fingerprint density at radius 3 is 2.67 bits per heavy atom. The van der Waals surface area contributed by atoms with Gasteiger partial charge in [0.2, 0.25) is 0 Å². The number of hydrogen-bond acceptors (Lipinski definition) is 6. The molecule has 2 aromatic heterocycles. The van der Waals surface area contributed by atoms with E-state index in [1.807, 2.05) is 48.9 Å². The van der Waals surface area contributed by atoms with Gasteiger partial charge in [-0.25, -0.2) is 4.98 Å². The van der Waals surface area contributed by atoms with Crippen molar-refractivity contribution in [1.82, 2.24) is 24.7 Å². The molecule has 0 saturated heterocycles. The van der Waals surface area contributed by atoms with Crippen molar-refractivity contribution in [3.05, 3.63) is 76.1 Å². The number of thioether (sulfide) groups is 1. The molecule has 1 N–H and O–H groups in total. The summed E-state index contributed by atoms with van der Waals surface area (Å²) in [6, 6.07) is 15.4. The highest BCUT2D eigenvalue weighted by atomic mass is 32.2. The zero-order chi connectivity index (χ0) is 21.1. The highest BCUT2D eigenvalue weighted by molar-refractivity contribution is 7.98. The third-order valence-corrected chi connectivity index (χ3v) is 5.91. The van der Waals surface area contributed by atoms with E-state index < -0.39 is 0 Å². The van der Waals surface area contributed by atoms with Crippen molar-refractivity contribution in [2.75, 3.05) is 0 Å². The minimum Gasteiger partial charge on any atom is -0.483 e. The Balaban J connectivity index is 1.45. The lowest BCUT2D eigenvalue weighted by atomic mass is 10.2. The van der Waals surface area contributed by atoms with Crippen LogP contribution >= 0.6 is 11.8 Å². The van der Waals surface area contributed by atoms with Crippen LogP contribution in [-0.4, -0.2) is 24.7 Å². The topological polar surface area (TPSA) is 85.7 Å². The molecule has 7 nitrogen and oxygen atoms in total. The summed E-state index contributed by atoms with van der Waals surface area (Å²) in [6.07, 6.45) is 0.750. The Bertz CT molecular complexity index is 1220. The molecule has 154 valence electrons. The van der Waals surface area contributed by atoms with E-state index >= 15 is 0 Å². The molecule has 0 aliphatic rings. The number of hydrogen-bond donors (Lipinski definition) is 1. The molecule has 0 aliphatic carbocycles. The fourth-order valence-corrected chi connectivity index (χ4v) is 3.99. The Kier molecular flexibility index (Phi) is 5.85. The SMILES string of the molecule is CCc1ccc(O[C@H](C)c2nnc(SCc3nc4ccccc4c(=O)[nH]3)n2C)cc1. The number of H-pyrrole nitrogens is 1. The number of nitrogens with zero attached hydrogens (tertiary/aromatic N) is 4. The van der Waals surface area contributed by atoms with Crippen LogP contribution in [-0.2, 0) is 19.2 Å². The standard InChI is InChI=1S/C22H23N5O2S/c1-4-15-9-11-16(12-10-15)29-14(2)20-25-26-22(27(20)3)30-13-19-23-18-8-6-5-7-17(18)21(28)24-19/h5-12,14H,4,13H2,1-3H3,(H,23,24,28)/t14-/m1/s1. The maximum Gasteiger partial charge on any atom is 0.258 e. The van der Waals surface area contributed by atoms with Gasteiger partial charge in [-0.05, 0) is 43.2 Å². The van der Waals surface area contributed by atoms with Crippen molar-refractivity contribution in [3.63, 3.8) is 0 Å². The second-order valence-corrected chi connectivity index (χ2v) is 7.92. The van der Waals surface area contributed by atoms with Gasteiger partial charge < -0.3 is 14.3 Å². The molecular formula is C22H23N5O2S. The van der Waals surface area contributed by atoms with Gasteiger partial charge in [-0.2, -0.15) is 0 Å². The quantitative estimate of drug-likeness (QED) is 0.453. The maximum atomic E-state index is 12.2. The van der Waals surface area contributed by atoms with Crippen LogP contribution < -0.4 is 10.3 Å². The van der Waals surface area contributed by atoms with Gasteiger partial charge in [0.25, 0.3) is 5.56 Å². The minimum atomic E-state index is -0.247. The van der Waals surface area contributed by atoms with Crippen LogP contribution in [0, 0.1) is 0 Å². The molecule has 4 rings (SSSR count). The summed E-state index contributed by atoms with van der Waals surface area (Å²) >= 11 is 1.47. The molecule has 0 aliphatic heterocycles. The van der Waals surface area contributed by atoms with Crippen LogP contribution in [0.15, 0.2) is 58.5 Å². The first-order valence-corrected chi connectivity index (χ1v) is 10.8. The number of para-hydroxylation sites is 1. The van der Waals surface area contributed by atoms with Gasteiger partial charge in [0.1, 0.15) is 11.6 Å². The van der Waals surface area contributed by atoms with E-state index in [0.717, 1.165) is 23.2 Å². The van der Waals surface area contributed by atoms with Crippen molar-refractivity contribution in [2.24, 2.45) is 7.05 Å². The highest BCUT2D eigenvalue weighted by Gasteiger charge is 2.18. The van der Waals surface area contributed by atoms with Crippen LogP contribution in [0.5, 0.6) is 5.75 Å². The Morgan fingerprint density at radius 2 is 1.90 bits per heavy atom. The van der Waals surface area contributed by atoms with E-state index in [4.69, 9.17) is 4.74 Å². The predicted molar refractivity (Wildman–Crippen MR) is 118 cm³/mol. The molecular weight excluding hydrogens is 398 g/mol. The predicted octanol–water partition coefficient (Wildman–Crippen LogP) is 4.05. The number of ether oxygens (including phenoxy) is 1. The first-order chi connectivity index (χ1) is 14.5. The van der Waals surface area contributed by atoms with E-state index in [-0.39, 0.29) is 11.7 Å². The molecule has 0 saturated carbocycles. The zero-order valence-electron chi connectivity index (χ0n) is 17.1. The Hall–Kier alpha value is -3.13. The van der Waals surface area contributed by atoms with E-state index in [2.05, 4.69) is 39.2 Å². The monoisotopic (exact) mass is 421 g/mol. The van der Waals surface area contributed by atoms with E-state index in [1.54, 1.807) is 6.07 Å². The van der Waals surface area contributed by atoms with Crippen LogP contribution in [0.25, 0.3) is 10.9 Å². The average molecular weight is 422 g/mol. The average Bonchev–Trinajstić information content (AvgIpc) is 3.13. The number of aryl methyl sites for hydroxylation is 1. The number of benzene rings is 2. The number of nitrogens with one attached hydrogen (secondary N) is 1. The van der Waals surface area contributed by atoms with Crippen LogP contribution in [0.3, 0.4) is 0 Å². The number of fused-ring (bicyclic) bond motifs is 1. The van der Waals surface area contributed by atoms with E-state index in [9.17, 15) is 4.79 Å². The molecule has 0 radical (unpaired) electrons. The Morgan fingerprint density at radius 1 is 1.13 bits per heavy atom. The van der Waals surface area contributed by atoms with Crippen molar-refractivity contribution < 1.29 is 4.74 Å². The summed E-state index contributed by atoms with van der Waals surface area (Å²) in [4.78, 5) is 19.6.